The van der Waals surface area contributed by atoms with Crippen molar-refractivity contribution in [2.75, 3.05) is 32.1 Å². The van der Waals surface area contributed by atoms with Crippen molar-refractivity contribution in [2.45, 2.75) is 70.7 Å². The molecule has 1 fully saturated rings. The van der Waals surface area contributed by atoms with Crippen molar-refractivity contribution < 1.29 is 28.6 Å². The third-order valence-electron chi connectivity index (χ3n) is 10.8. The number of β-amino-alcohol motifs (C(OH)–C–C–N with tert-alkyl or cyclic N) is 1. The number of nitrogens with zero attached hydrogens (tertiary/aromatic N) is 6. The van der Waals surface area contributed by atoms with Crippen LogP contribution in [0, 0.1) is 11.3 Å². The molecule has 2 N–H and O–H groups in total. The molecule has 0 bridgehead atoms. The molecule has 1 amide bonds. The van der Waals surface area contributed by atoms with Gasteiger partial charge in [0, 0.05) is 55.1 Å². The average molecular weight is 849 g/mol. The smallest absolute Gasteiger partial charge is 0.410 e. The van der Waals surface area contributed by atoms with Crippen LogP contribution in [-0.4, -0.2) is 80.4 Å². The van der Waals surface area contributed by atoms with Crippen LogP contribution < -0.4 is 5.32 Å². The Morgan fingerprint density at radius 1 is 1.07 bits per heavy atom. The number of benzene rings is 3. The Kier molecular flexibility index (Phi) is 11.4. The van der Waals surface area contributed by atoms with Gasteiger partial charge in [0.1, 0.15) is 28.3 Å². The van der Waals surface area contributed by atoms with E-state index in [0.717, 1.165) is 35.0 Å². The van der Waals surface area contributed by atoms with Crippen LogP contribution in [0.15, 0.2) is 71.4 Å². The van der Waals surface area contributed by atoms with E-state index in [-0.39, 0.29) is 25.0 Å². The number of fused-ring (bicyclic) bond motifs is 3. The molecule has 8 rings (SSSR count). The van der Waals surface area contributed by atoms with Gasteiger partial charge in [-0.15, -0.1) is 0 Å². The number of aliphatic hydroxyl groups excluding tert-OH is 1. The van der Waals surface area contributed by atoms with Crippen molar-refractivity contribution >= 4 is 68.8 Å². The molecule has 1 aliphatic carbocycles. The number of carbonyl (C=O) groups excluding carboxylic acids is 2. The molecule has 308 valence electrons. The second-order valence-corrected chi connectivity index (χ2v) is 16.8. The Morgan fingerprint density at radius 2 is 1.83 bits per heavy atom. The normalized spacial score (nSPS) is 16.5. The number of rotatable bonds is 10. The number of nitriles is 1. The van der Waals surface area contributed by atoms with Crippen molar-refractivity contribution in [2.24, 2.45) is 0 Å². The number of oxazole rings is 1. The molecule has 13 nitrogen and oxygen atoms in total. The summed E-state index contributed by atoms with van der Waals surface area (Å²) in [4.78, 5) is 43.6. The molecule has 1 saturated heterocycles. The van der Waals surface area contributed by atoms with Gasteiger partial charge in [-0.05, 0) is 87.1 Å². The summed E-state index contributed by atoms with van der Waals surface area (Å²) in [6, 6.07) is 18.8. The highest BCUT2D eigenvalue weighted by Crippen LogP contribution is 2.45. The zero-order chi connectivity index (χ0) is 42.3. The van der Waals surface area contributed by atoms with Gasteiger partial charge in [0.15, 0.2) is 11.4 Å². The fourth-order valence-corrected chi connectivity index (χ4v) is 8.64. The molecule has 0 spiro atoms. The van der Waals surface area contributed by atoms with Gasteiger partial charge < -0.3 is 29.2 Å². The number of hydrogen-bond acceptors (Lipinski definition) is 12. The zero-order valence-corrected chi connectivity index (χ0v) is 35.1. The van der Waals surface area contributed by atoms with E-state index in [1.54, 1.807) is 33.0 Å². The number of pyridine rings is 2. The van der Waals surface area contributed by atoms with Crippen molar-refractivity contribution in [3.05, 3.63) is 99.3 Å². The zero-order valence-electron chi connectivity index (χ0n) is 33.6. The minimum absolute atomic E-state index is 0.0223. The number of likely N-dealkylation sites (tertiary alicyclic amines) is 1. The molecule has 0 unspecified atom stereocenters. The molecule has 2 aliphatic rings. The molecular weight excluding hydrogens is 805 g/mol. The molecule has 1 aliphatic heterocycles. The number of nitrogens with one attached hydrogen (secondary N) is 1. The van der Waals surface area contributed by atoms with E-state index >= 15 is 0 Å². The number of esters is 1. The maximum Gasteiger partial charge on any atom is 0.410 e. The minimum Gasteiger partial charge on any atom is -0.469 e. The first kappa shape index (κ1) is 41.0. The van der Waals surface area contributed by atoms with Crippen LogP contribution in [0.2, 0.25) is 10.0 Å². The third kappa shape index (κ3) is 8.20. The molecule has 4 heterocycles. The number of anilines is 2. The van der Waals surface area contributed by atoms with Crippen LogP contribution >= 0.6 is 23.2 Å². The van der Waals surface area contributed by atoms with E-state index in [4.69, 9.17) is 47.1 Å². The van der Waals surface area contributed by atoms with E-state index in [1.807, 2.05) is 48.7 Å². The molecule has 3 aromatic carbocycles. The Bertz CT molecular complexity index is 2690. The first-order chi connectivity index (χ1) is 28.8. The van der Waals surface area contributed by atoms with E-state index < -0.39 is 23.7 Å². The fraction of sp³-hybridized carbons (Fsp3) is 0.333. The van der Waals surface area contributed by atoms with Crippen LogP contribution in [0.3, 0.4) is 0 Å². The second kappa shape index (κ2) is 16.7. The number of aliphatic hydroxyl groups is 1. The summed E-state index contributed by atoms with van der Waals surface area (Å²) in [6.45, 7) is 7.62. The molecule has 3 aromatic heterocycles. The van der Waals surface area contributed by atoms with Crippen molar-refractivity contribution in [3.8, 4) is 28.7 Å². The van der Waals surface area contributed by atoms with Gasteiger partial charge in [0.25, 0.3) is 0 Å². The third-order valence-corrected chi connectivity index (χ3v) is 11.6. The van der Waals surface area contributed by atoms with Crippen molar-refractivity contribution in [1.29, 1.82) is 5.26 Å². The Balaban J connectivity index is 1.10. The van der Waals surface area contributed by atoms with Crippen LogP contribution in [0.1, 0.15) is 68.3 Å². The van der Waals surface area contributed by atoms with Gasteiger partial charge in [0.05, 0.1) is 47.0 Å². The summed E-state index contributed by atoms with van der Waals surface area (Å²) in [5, 5.41) is 25.4. The van der Waals surface area contributed by atoms with Crippen LogP contribution in [-0.2, 0) is 27.2 Å². The monoisotopic (exact) mass is 847 g/mol. The highest BCUT2D eigenvalue weighted by Gasteiger charge is 2.37. The lowest BCUT2D eigenvalue weighted by Crippen LogP contribution is -2.40. The predicted octanol–water partition coefficient (Wildman–Crippen LogP) is 9.38. The first-order valence-corrected chi connectivity index (χ1v) is 20.5. The molecule has 0 saturated carbocycles. The van der Waals surface area contributed by atoms with E-state index in [9.17, 15) is 20.0 Å². The number of hydrogen-bond donors (Lipinski definition) is 2. The Hall–Kier alpha value is -5.78. The lowest BCUT2D eigenvalue weighted by Gasteiger charge is -2.32. The number of methoxy groups -OCH3 is 1. The number of ether oxygens (including phenoxy) is 2. The van der Waals surface area contributed by atoms with Gasteiger partial charge in [0.2, 0.25) is 5.89 Å². The highest BCUT2D eigenvalue weighted by molar-refractivity contribution is 6.39. The highest BCUT2D eigenvalue weighted by atomic mass is 35.5. The summed E-state index contributed by atoms with van der Waals surface area (Å²) >= 11 is 14.3. The van der Waals surface area contributed by atoms with Gasteiger partial charge in [-0.3, -0.25) is 14.7 Å². The lowest BCUT2D eigenvalue weighted by atomic mass is 10.0. The van der Waals surface area contributed by atoms with Crippen LogP contribution in [0.5, 0.6) is 0 Å². The van der Waals surface area contributed by atoms with E-state index in [0.29, 0.717) is 86.4 Å². The maximum atomic E-state index is 13.5. The quantitative estimate of drug-likeness (QED) is 0.126. The standard InChI is InChI=1S/C45H43Cl2N7O6/c1-45(2,3)60-44(57)54(18-15-37(56)58-4)36-12-11-28-32(36)20-35-41(33(28)21-48)59-43(52-35)31-9-5-7-29(38(31)46)30-8-6-10-34(39(30)47)51-42-40-26(13-16-49-42)19-25(22-50-40)23-53-17-14-27(55)24-53/h5-10,13,16,19-20,22,27,36,55H,11-12,14-15,17-18,23-24H2,1-4H3,(H,49,51)/t27-,36+/m1/s1. The van der Waals surface area contributed by atoms with Crippen molar-refractivity contribution in [3.63, 3.8) is 0 Å². The largest absolute Gasteiger partial charge is 0.469 e. The topological polar surface area (TPSA) is 167 Å². The second-order valence-electron chi connectivity index (χ2n) is 16.1. The number of halogens is 2. The molecule has 2 atom stereocenters. The predicted molar refractivity (Wildman–Crippen MR) is 229 cm³/mol. The minimum atomic E-state index is -0.767. The van der Waals surface area contributed by atoms with E-state index in [1.165, 1.54) is 12.0 Å². The maximum absolute atomic E-state index is 13.5. The van der Waals surface area contributed by atoms with Crippen LogP contribution in [0.25, 0.3) is 44.6 Å². The first-order valence-electron chi connectivity index (χ1n) is 19.7. The summed E-state index contributed by atoms with van der Waals surface area (Å²) in [5.74, 6) is 0.296. The fourth-order valence-electron chi connectivity index (χ4n) is 8.06. The molecule has 0 radical (unpaired) electrons. The summed E-state index contributed by atoms with van der Waals surface area (Å²) in [7, 11) is 1.30. The summed E-state index contributed by atoms with van der Waals surface area (Å²) < 4.78 is 16.9. The van der Waals surface area contributed by atoms with E-state index in [2.05, 4.69) is 27.3 Å². The lowest BCUT2D eigenvalue weighted by molar-refractivity contribution is -0.141. The number of carbonyl (C=O) groups is 2. The van der Waals surface area contributed by atoms with Gasteiger partial charge >= 0.3 is 12.1 Å². The van der Waals surface area contributed by atoms with Crippen LogP contribution in [0.4, 0.5) is 16.3 Å². The number of aromatic nitrogens is 3. The number of amides is 1. The average Bonchev–Trinajstić information content (AvgIpc) is 3.95. The van der Waals surface area contributed by atoms with Gasteiger partial charge in [-0.25, -0.2) is 14.8 Å². The molecule has 15 heteroatoms. The Labute approximate surface area is 356 Å². The summed E-state index contributed by atoms with van der Waals surface area (Å²) in [5.41, 5.74) is 5.91. The molecule has 6 aromatic rings. The molecule has 60 heavy (non-hydrogen) atoms. The molecular formula is C45H43Cl2N7O6. The van der Waals surface area contributed by atoms with Crippen molar-refractivity contribution in [1.82, 2.24) is 24.8 Å². The van der Waals surface area contributed by atoms with Gasteiger partial charge in [-0.1, -0.05) is 47.5 Å². The SMILES string of the molecule is COC(=O)CCN(C(=O)OC(C)(C)C)[C@H]1CCc2c1cc1nc(-c3cccc(-c4cccc(Nc5nccc6cc(CN7CC[C@@H](O)C7)cnc56)c4Cl)c3Cl)oc1c2C#N. The summed E-state index contributed by atoms with van der Waals surface area (Å²) in [6.07, 6.45) is 4.48. The van der Waals surface area contributed by atoms with Gasteiger partial charge in [-0.2, -0.15) is 5.26 Å². The Morgan fingerprint density at radius 3 is 2.57 bits per heavy atom.